The zero-order chi connectivity index (χ0) is 17.1. The largest absolute Gasteiger partial charge is 0.467 e. The van der Waals surface area contributed by atoms with E-state index in [2.05, 4.69) is 32.0 Å². The summed E-state index contributed by atoms with van der Waals surface area (Å²) in [5, 5.41) is 0. The van der Waals surface area contributed by atoms with Crippen LogP contribution in [0, 0.1) is 0 Å². The van der Waals surface area contributed by atoms with Gasteiger partial charge in [0.2, 0.25) is 0 Å². The van der Waals surface area contributed by atoms with Gasteiger partial charge in [0.1, 0.15) is 12.1 Å². The molecule has 3 aromatic heterocycles. The standard InChI is InChI=1S/C18H20N6O/c1-25-18-20-10-14(11-21-18)12-23-8-3-5-16(23)15-4-2-6-17(22-15)24-9-7-19-13-24/h2,4,6-7,9-11,13,16H,3,5,8,12H2,1H3. The molecule has 3 aromatic rings. The molecular formula is C18H20N6O. The zero-order valence-corrected chi connectivity index (χ0v) is 14.1. The van der Waals surface area contributed by atoms with E-state index in [0.717, 1.165) is 36.6 Å². The van der Waals surface area contributed by atoms with Crippen molar-refractivity contribution in [2.45, 2.75) is 25.4 Å². The molecule has 0 radical (unpaired) electrons. The van der Waals surface area contributed by atoms with E-state index in [4.69, 9.17) is 9.72 Å². The number of likely N-dealkylation sites (tertiary alicyclic amines) is 1. The molecule has 0 amide bonds. The Kier molecular flexibility index (Phi) is 4.39. The quantitative estimate of drug-likeness (QED) is 0.713. The number of nitrogens with zero attached hydrogens (tertiary/aromatic N) is 6. The van der Waals surface area contributed by atoms with Crippen LogP contribution in [0.3, 0.4) is 0 Å². The molecule has 0 N–H and O–H groups in total. The molecule has 7 nitrogen and oxygen atoms in total. The van der Waals surface area contributed by atoms with Gasteiger partial charge in [-0.1, -0.05) is 6.07 Å². The van der Waals surface area contributed by atoms with Gasteiger partial charge in [-0.3, -0.25) is 9.47 Å². The number of aromatic nitrogens is 5. The smallest absolute Gasteiger partial charge is 0.316 e. The summed E-state index contributed by atoms with van der Waals surface area (Å²) in [5.41, 5.74) is 2.18. The van der Waals surface area contributed by atoms with Crippen molar-refractivity contribution in [1.82, 2.24) is 29.4 Å². The van der Waals surface area contributed by atoms with E-state index in [-0.39, 0.29) is 0 Å². The lowest BCUT2D eigenvalue weighted by Gasteiger charge is -2.24. The second-order valence-corrected chi connectivity index (χ2v) is 6.10. The Bertz CT molecular complexity index is 818. The number of hydrogen-bond donors (Lipinski definition) is 0. The maximum absolute atomic E-state index is 5.02. The minimum Gasteiger partial charge on any atom is -0.467 e. The van der Waals surface area contributed by atoms with Gasteiger partial charge in [0.25, 0.3) is 0 Å². The highest BCUT2D eigenvalue weighted by molar-refractivity contribution is 5.26. The second kappa shape index (κ2) is 6.98. The van der Waals surface area contributed by atoms with E-state index < -0.39 is 0 Å². The van der Waals surface area contributed by atoms with Crippen molar-refractivity contribution < 1.29 is 4.74 Å². The number of methoxy groups -OCH3 is 1. The fourth-order valence-electron chi connectivity index (χ4n) is 3.28. The Morgan fingerprint density at radius 2 is 2.12 bits per heavy atom. The summed E-state index contributed by atoms with van der Waals surface area (Å²) in [5.74, 6) is 0.898. The van der Waals surface area contributed by atoms with Gasteiger partial charge in [0.15, 0.2) is 0 Å². The topological polar surface area (TPSA) is 69.0 Å². The van der Waals surface area contributed by atoms with Gasteiger partial charge < -0.3 is 4.74 Å². The van der Waals surface area contributed by atoms with E-state index in [1.54, 1.807) is 19.6 Å². The Labute approximate surface area is 146 Å². The predicted molar refractivity (Wildman–Crippen MR) is 92.3 cm³/mol. The van der Waals surface area contributed by atoms with Crippen LogP contribution in [0.5, 0.6) is 6.01 Å². The second-order valence-electron chi connectivity index (χ2n) is 6.10. The molecule has 25 heavy (non-hydrogen) atoms. The normalized spacial score (nSPS) is 17.7. The molecule has 0 aromatic carbocycles. The summed E-state index contributed by atoms with van der Waals surface area (Å²) in [4.78, 5) is 19.8. The average Bonchev–Trinajstić information content (AvgIpc) is 3.35. The fourth-order valence-corrected chi connectivity index (χ4v) is 3.28. The molecule has 4 rings (SSSR count). The molecule has 1 fully saturated rings. The highest BCUT2D eigenvalue weighted by atomic mass is 16.5. The van der Waals surface area contributed by atoms with Gasteiger partial charge in [-0.2, -0.15) is 0 Å². The molecule has 0 saturated carbocycles. The van der Waals surface area contributed by atoms with Crippen LogP contribution in [-0.4, -0.2) is 43.1 Å². The summed E-state index contributed by atoms with van der Waals surface area (Å²) in [6.45, 7) is 1.86. The SMILES string of the molecule is COc1ncc(CN2CCCC2c2cccc(-n3ccnc3)n2)cn1. The summed E-state index contributed by atoms with van der Waals surface area (Å²) in [6, 6.07) is 6.88. The van der Waals surface area contributed by atoms with Crippen LogP contribution in [0.25, 0.3) is 5.82 Å². The molecule has 0 spiro atoms. The first-order chi connectivity index (χ1) is 12.3. The Morgan fingerprint density at radius 3 is 2.88 bits per heavy atom. The van der Waals surface area contributed by atoms with E-state index in [1.807, 2.05) is 29.2 Å². The van der Waals surface area contributed by atoms with Gasteiger partial charge in [-0.05, 0) is 31.5 Å². The van der Waals surface area contributed by atoms with Crippen molar-refractivity contribution in [2.75, 3.05) is 13.7 Å². The molecule has 0 aliphatic carbocycles. The number of imidazole rings is 1. The number of pyridine rings is 1. The molecular weight excluding hydrogens is 316 g/mol. The molecule has 128 valence electrons. The number of hydrogen-bond acceptors (Lipinski definition) is 6. The first-order valence-corrected chi connectivity index (χ1v) is 8.38. The molecule has 7 heteroatoms. The van der Waals surface area contributed by atoms with Crippen molar-refractivity contribution in [3.63, 3.8) is 0 Å². The lowest BCUT2D eigenvalue weighted by Crippen LogP contribution is -2.24. The first kappa shape index (κ1) is 15.7. The third kappa shape index (κ3) is 3.36. The van der Waals surface area contributed by atoms with E-state index >= 15 is 0 Å². The highest BCUT2D eigenvalue weighted by Crippen LogP contribution is 2.32. The average molecular weight is 336 g/mol. The van der Waals surface area contributed by atoms with Crippen LogP contribution in [-0.2, 0) is 6.54 Å². The highest BCUT2D eigenvalue weighted by Gasteiger charge is 2.27. The van der Waals surface area contributed by atoms with Gasteiger partial charge >= 0.3 is 6.01 Å². The van der Waals surface area contributed by atoms with Crippen LogP contribution in [0.1, 0.15) is 30.1 Å². The Balaban J connectivity index is 1.54. The molecule has 4 heterocycles. The van der Waals surface area contributed by atoms with Crippen molar-refractivity contribution in [3.05, 3.63) is 60.6 Å². The van der Waals surface area contributed by atoms with E-state index in [0.29, 0.717) is 12.1 Å². The third-order valence-electron chi connectivity index (χ3n) is 4.48. The lowest BCUT2D eigenvalue weighted by atomic mass is 10.1. The Hall–Kier alpha value is -2.80. The number of rotatable bonds is 5. The van der Waals surface area contributed by atoms with Gasteiger partial charge in [0.05, 0.1) is 18.8 Å². The summed E-state index contributed by atoms with van der Waals surface area (Å²) in [7, 11) is 1.57. The first-order valence-electron chi connectivity index (χ1n) is 8.38. The summed E-state index contributed by atoms with van der Waals surface area (Å²) < 4.78 is 6.96. The van der Waals surface area contributed by atoms with Crippen molar-refractivity contribution in [1.29, 1.82) is 0 Å². The van der Waals surface area contributed by atoms with E-state index in [1.165, 1.54) is 6.42 Å². The maximum atomic E-state index is 5.02. The minimum absolute atomic E-state index is 0.311. The molecule has 1 unspecified atom stereocenters. The number of ether oxygens (including phenoxy) is 1. The Morgan fingerprint density at radius 1 is 1.24 bits per heavy atom. The summed E-state index contributed by atoms with van der Waals surface area (Å²) in [6.07, 6.45) is 11.4. The van der Waals surface area contributed by atoms with Crippen molar-refractivity contribution in [3.8, 4) is 11.8 Å². The molecule has 1 aliphatic heterocycles. The third-order valence-corrected chi connectivity index (χ3v) is 4.48. The molecule has 1 aliphatic rings. The van der Waals surface area contributed by atoms with Crippen molar-refractivity contribution in [2.24, 2.45) is 0 Å². The van der Waals surface area contributed by atoms with Crippen LogP contribution in [0.15, 0.2) is 49.3 Å². The minimum atomic E-state index is 0.311. The fraction of sp³-hybridized carbons (Fsp3) is 0.333. The lowest BCUT2D eigenvalue weighted by molar-refractivity contribution is 0.243. The van der Waals surface area contributed by atoms with Crippen molar-refractivity contribution >= 4 is 0 Å². The monoisotopic (exact) mass is 336 g/mol. The van der Waals surface area contributed by atoms with Gasteiger partial charge in [-0.15, -0.1) is 0 Å². The molecule has 1 atom stereocenters. The van der Waals surface area contributed by atoms with Gasteiger partial charge in [0, 0.05) is 36.9 Å². The predicted octanol–water partition coefficient (Wildman–Crippen LogP) is 2.40. The van der Waals surface area contributed by atoms with Crippen LogP contribution < -0.4 is 4.74 Å². The molecule has 1 saturated heterocycles. The maximum Gasteiger partial charge on any atom is 0.316 e. The van der Waals surface area contributed by atoms with Crippen LogP contribution in [0.2, 0.25) is 0 Å². The zero-order valence-electron chi connectivity index (χ0n) is 14.1. The van der Waals surface area contributed by atoms with E-state index in [9.17, 15) is 0 Å². The summed E-state index contributed by atoms with van der Waals surface area (Å²) >= 11 is 0. The molecule has 0 bridgehead atoms. The van der Waals surface area contributed by atoms with Crippen LogP contribution in [0.4, 0.5) is 0 Å². The van der Waals surface area contributed by atoms with Crippen LogP contribution >= 0.6 is 0 Å². The van der Waals surface area contributed by atoms with Gasteiger partial charge in [-0.25, -0.2) is 19.9 Å².